The zero-order chi connectivity index (χ0) is 29.9. The smallest absolute Gasteiger partial charge is 0.291 e. The van der Waals surface area contributed by atoms with Gasteiger partial charge in [-0.05, 0) is 45.3 Å². The minimum absolute atomic E-state index is 0.0346. The molecular weight excluding hydrogens is 578 g/mol. The van der Waals surface area contributed by atoms with Gasteiger partial charge in [-0.15, -0.1) is 0 Å². The van der Waals surface area contributed by atoms with Gasteiger partial charge in [0.2, 0.25) is 17.7 Å². The number of benzene rings is 1. The summed E-state index contributed by atoms with van der Waals surface area (Å²) in [6, 6.07) is 9.84. The van der Waals surface area contributed by atoms with E-state index in [4.69, 9.17) is 30.2 Å². The first kappa shape index (κ1) is 30.9. The summed E-state index contributed by atoms with van der Waals surface area (Å²) in [6.07, 6.45) is 0.901. The van der Waals surface area contributed by atoms with Crippen LogP contribution in [0.25, 0.3) is 0 Å². The summed E-state index contributed by atoms with van der Waals surface area (Å²) in [7, 11) is 3.80. The van der Waals surface area contributed by atoms with Gasteiger partial charge in [0.1, 0.15) is 5.75 Å². The number of furan rings is 1. The number of carbonyl (C=O) groups is 1. The van der Waals surface area contributed by atoms with E-state index in [1.54, 1.807) is 6.07 Å². The number of amides is 1. The third-order valence-electron chi connectivity index (χ3n) is 7.45. The molecule has 3 aromatic rings. The van der Waals surface area contributed by atoms with Gasteiger partial charge in [0.15, 0.2) is 11.4 Å². The van der Waals surface area contributed by atoms with Crippen molar-refractivity contribution in [2.45, 2.75) is 44.7 Å². The zero-order valence-electron chi connectivity index (χ0n) is 25.1. The molecule has 2 N–H and O–H groups in total. The number of halogens is 1. The lowest BCUT2D eigenvalue weighted by molar-refractivity contribution is 0.0990. The molecule has 0 radical (unpaired) electrons. The predicted molar refractivity (Wildman–Crippen MR) is 169 cm³/mol. The number of nitrogens with zero attached hydrogens (tertiary/aromatic N) is 3. The maximum absolute atomic E-state index is 13.1. The first-order valence-electron chi connectivity index (χ1n) is 13.7. The molecule has 10 nitrogen and oxygen atoms in total. The number of ether oxygens (including phenoxy) is 3. The Labute approximate surface area is 248 Å². The molecule has 0 spiro atoms. The number of methoxy groups -OCH3 is 2. The van der Waals surface area contributed by atoms with Crippen LogP contribution in [0.3, 0.4) is 0 Å². The van der Waals surface area contributed by atoms with Gasteiger partial charge in [0.05, 0.1) is 35.4 Å². The van der Waals surface area contributed by atoms with Crippen LogP contribution in [0.4, 0.5) is 11.6 Å². The van der Waals surface area contributed by atoms with Crippen LogP contribution in [-0.4, -0.2) is 78.3 Å². The van der Waals surface area contributed by atoms with Crippen LogP contribution in [-0.2, 0) is 0 Å². The van der Waals surface area contributed by atoms with Gasteiger partial charge in [-0.2, -0.15) is 9.97 Å². The van der Waals surface area contributed by atoms with E-state index in [9.17, 15) is 4.79 Å². The first-order valence-corrected chi connectivity index (χ1v) is 20.5. The van der Waals surface area contributed by atoms with Crippen molar-refractivity contribution < 1.29 is 23.4 Å². The normalized spacial score (nSPS) is 15.3. The molecule has 222 valence electrons. The molecule has 2 aromatic heterocycles. The third-order valence-corrected chi connectivity index (χ3v) is 15.2. The highest BCUT2D eigenvalue weighted by molar-refractivity contribution is 7.03. The Bertz CT molecular complexity index is 1390. The molecule has 1 aliphatic rings. The lowest BCUT2D eigenvalue weighted by Crippen LogP contribution is -2.63. The maximum Gasteiger partial charge on any atom is 0.291 e. The number of nitrogens with one attached hydrogen (secondary N) is 2. The number of hydrogen-bond acceptors (Lipinski definition) is 9. The summed E-state index contributed by atoms with van der Waals surface area (Å²) in [5.74, 6) is 0.839. The van der Waals surface area contributed by atoms with Crippen LogP contribution in [0.5, 0.6) is 23.5 Å². The standard InChI is InChI=1S/C28H40ClN5O5Si2/c1-34(2)13-9-12-30-28-32-26(36-3)24(27(33-28)37-4)31-25(35)19-10-11-23(38-19)39-20-17-22-21(16-18(20)29)40(5,6)14-15-41(22,7)8/h10-11,16-17H,9,12-15H2,1-8H3,(H,31,35)(H,30,32,33). The van der Waals surface area contributed by atoms with Crippen LogP contribution >= 0.6 is 11.6 Å². The van der Waals surface area contributed by atoms with Gasteiger partial charge < -0.3 is 34.2 Å². The fourth-order valence-corrected chi connectivity index (χ4v) is 15.4. The topological polar surface area (TPSA) is 111 Å². The molecule has 3 heterocycles. The second-order valence-electron chi connectivity index (χ2n) is 11.8. The van der Waals surface area contributed by atoms with Crippen molar-refractivity contribution in [3.8, 4) is 23.5 Å². The van der Waals surface area contributed by atoms with E-state index in [0.717, 1.165) is 13.0 Å². The average Bonchev–Trinajstić information content (AvgIpc) is 3.39. The van der Waals surface area contributed by atoms with E-state index in [-0.39, 0.29) is 29.2 Å². The molecular formula is C28H40ClN5O5Si2. The Morgan fingerprint density at radius 1 is 1.02 bits per heavy atom. The molecule has 0 atom stereocenters. The minimum Gasteiger partial charge on any atom is -0.479 e. The van der Waals surface area contributed by atoms with E-state index < -0.39 is 22.1 Å². The number of aromatic nitrogens is 2. The SMILES string of the molecule is COc1nc(NCCCN(C)C)nc(OC)c1NC(=O)c1ccc(Oc2cc3c(cc2Cl)[Si](C)(C)CC[Si]3(C)C)o1. The van der Waals surface area contributed by atoms with Gasteiger partial charge in [0, 0.05) is 12.6 Å². The van der Waals surface area contributed by atoms with E-state index in [1.165, 1.54) is 42.7 Å². The highest BCUT2D eigenvalue weighted by Crippen LogP contribution is 2.35. The zero-order valence-corrected chi connectivity index (χ0v) is 27.9. The van der Waals surface area contributed by atoms with Crippen molar-refractivity contribution in [2.75, 3.05) is 52.0 Å². The van der Waals surface area contributed by atoms with E-state index >= 15 is 0 Å². The van der Waals surface area contributed by atoms with Gasteiger partial charge in [-0.3, -0.25) is 4.79 Å². The Hall–Kier alpha value is -3.07. The fraction of sp³-hybridized carbons (Fsp3) is 0.464. The second-order valence-corrected chi connectivity index (χ2v) is 21.8. The van der Waals surface area contributed by atoms with E-state index in [0.29, 0.717) is 23.3 Å². The molecule has 1 aromatic carbocycles. The molecule has 0 bridgehead atoms. The Morgan fingerprint density at radius 3 is 2.22 bits per heavy atom. The van der Waals surface area contributed by atoms with E-state index in [2.05, 4.69) is 63.8 Å². The van der Waals surface area contributed by atoms with Gasteiger partial charge in [-0.25, -0.2) is 0 Å². The second kappa shape index (κ2) is 12.4. The molecule has 0 fully saturated rings. The molecule has 1 amide bonds. The van der Waals surface area contributed by atoms with Crippen molar-refractivity contribution in [2.24, 2.45) is 0 Å². The largest absolute Gasteiger partial charge is 0.479 e. The van der Waals surface area contributed by atoms with Gasteiger partial charge >= 0.3 is 0 Å². The minimum atomic E-state index is -1.60. The number of fused-ring (bicyclic) bond motifs is 1. The molecule has 4 rings (SSSR count). The Morgan fingerprint density at radius 2 is 1.63 bits per heavy atom. The summed E-state index contributed by atoms with van der Waals surface area (Å²) in [6.45, 7) is 11.2. The summed E-state index contributed by atoms with van der Waals surface area (Å²) < 4.78 is 22.7. The Balaban J connectivity index is 1.51. The van der Waals surface area contributed by atoms with Crippen LogP contribution in [0.1, 0.15) is 17.0 Å². The molecule has 0 unspecified atom stereocenters. The summed E-state index contributed by atoms with van der Waals surface area (Å²) >= 11 is 6.68. The average molecular weight is 618 g/mol. The summed E-state index contributed by atoms with van der Waals surface area (Å²) in [4.78, 5) is 24.0. The highest BCUT2D eigenvalue weighted by Gasteiger charge is 2.40. The molecule has 1 aliphatic heterocycles. The highest BCUT2D eigenvalue weighted by atomic mass is 35.5. The Kier molecular flexibility index (Phi) is 9.36. The molecule has 0 saturated heterocycles. The fourth-order valence-electron chi connectivity index (χ4n) is 4.92. The number of anilines is 2. The van der Waals surface area contributed by atoms with Crippen LogP contribution in [0, 0.1) is 0 Å². The number of hydrogen-bond donors (Lipinski definition) is 2. The lowest BCUT2D eigenvalue weighted by Gasteiger charge is -2.39. The molecule has 0 aliphatic carbocycles. The van der Waals surface area contributed by atoms with Crippen molar-refractivity contribution in [1.82, 2.24) is 14.9 Å². The van der Waals surface area contributed by atoms with Crippen LogP contribution < -0.4 is 35.2 Å². The predicted octanol–water partition coefficient (Wildman–Crippen LogP) is 4.99. The first-order chi connectivity index (χ1) is 19.3. The number of carbonyl (C=O) groups excluding carboxylic acids is 1. The number of rotatable bonds is 11. The van der Waals surface area contributed by atoms with Crippen molar-refractivity contribution in [1.29, 1.82) is 0 Å². The quantitative estimate of drug-likeness (QED) is 0.227. The van der Waals surface area contributed by atoms with Crippen LogP contribution in [0.2, 0.25) is 43.3 Å². The monoisotopic (exact) mass is 617 g/mol. The maximum atomic E-state index is 13.1. The van der Waals surface area contributed by atoms with Crippen molar-refractivity contribution >= 4 is 55.7 Å². The third kappa shape index (κ3) is 7.05. The lowest BCUT2D eigenvalue weighted by atomic mass is 10.3. The van der Waals surface area contributed by atoms with E-state index in [1.807, 2.05) is 14.1 Å². The summed E-state index contributed by atoms with van der Waals surface area (Å²) in [5.41, 5.74) is 0.189. The summed E-state index contributed by atoms with van der Waals surface area (Å²) in [5, 5.41) is 9.27. The van der Waals surface area contributed by atoms with Gasteiger partial charge in [-0.1, -0.05) is 60.3 Å². The van der Waals surface area contributed by atoms with Crippen molar-refractivity contribution in [3.63, 3.8) is 0 Å². The van der Waals surface area contributed by atoms with Crippen LogP contribution in [0.15, 0.2) is 28.7 Å². The van der Waals surface area contributed by atoms with Gasteiger partial charge in [0.25, 0.3) is 11.9 Å². The molecule has 0 saturated carbocycles. The molecule has 13 heteroatoms. The molecule has 41 heavy (non-hydrogen) atoms. The van der Waals surface area contributed by atoms with Crippen molar-refractivity contribution in [3.05, 3.63) is 35.0 Å².